The lowest BCUT2D eigenvalue weighted by molar-refractivity contribution is 0.573. The molecule has 0 fully saturated rings. The van der Waals surface area contributed by atoms with Crippen molar-refractivity contribution in [2.75, 3.05) is 19.3 Å². The third-order valence-electron chi connectivity index (χ3n) is 1.89. The number of benzene rings is 1. The maximum Gasteiger partial charge on any atom is 0.240 e. The molecule has 0 atom stereocenters. The van der Waals surface area contributed by atoms with Crippen molar-refractivity contribution in [1.82, 2.24) is 9.44 Å². The van der Waals surface area contributed by atoms with Gasteiger partial charge in [-0.25, -0.2) is 26.3 Å². The second-order valence-corrected chi connectivity index (χ2v) is 8.04. The molecule has 0 radical (unpaired) electrons. The largest absolute Gasteiger partial charge is 0.240 e. The first-order valence-corrected chi connectivity index (χ1v) is 9.07. The fourth-order valence-corrected chi connectivity index (χ4v) is 3.24. The molecule has 0 amide bonds. The molecule has 6 nitrogen and oxygen atoms in total. The highest BCUT2D eigenvalue weighted by atomic mass is 79.9. The van der Waals surface area contributed by atoms with Crippen LogP contribution in [0.4, 0.5) is 0 Å². The van der Waals surface area contributed by atoms with Gasteiger partial charge in [0.25, 0.3) is 0 Å². The summed E-state index contributed by atoms with van der Waals surface area (Å²) in [5, 5.41) is 0. The molecule has 0 aromatic heterocycles. The van der Waals surface area contributed by atoms with Crippen LogP contribution in [-0.2, 0) is 20.0 Å². The van der Waals surface area contributed by atoms with Gasteiger partial charge in [0.15, 0.2) is 0 Å². The minimum Gasteiger partial charge on any atom is -0.214 e. The number of nitrogens with one attached hydrogen (secondary N) is 2. The lowest BCUT2D eigenvalue weighted by Gasteiger charge is -2.07. The first-order chi connectivity index (χ1) is 8.21. The van der Waals surface area contributed by atoms with Crippen molar-refractivity contribution in [2.24, 2.45) is 0 Å². The van der Waals surface area contributed by atoms with Gasteiger partial charge in [-0.1, -0.05) is 22.0 Å². The quantitative estimate of drug-likeness (QED) is 0.716. The molecule has 0 saturated carbocycles. The first kappa shape index (κ1) is 15.6. The molecule has 0 spiro atoms. The number of hydrogen-bond donors (Lipinski definition) is 2. The molecule has 9 heteroatoms. The predicted molar refractivity (Wildman–Crippen MR) is 72.2 cm³/mol. The number of sulfonamides is 2. The molecule has 0 aliphatic heterocycles. The van der Waals surface area contributed by atoms with Crippen LogP contribution in [0.2, 0.25) is 0 Å². The predicted octanol–water partition coefficient (Wildman–Crippen LogP) is 0.277. The molecule has 18 heavy (non-hydrogen) atoms. The molecule has 1 aromatic carbocycles. The van der Waals surface area contributed by atoms with Crippen molar-refractivity contribution in [3.8, 4) is 0 Å². The van der Waals surface area contributed by atoms with Crippen LogP contribution in [-0.4, -0.2) is 36.2 Å². The van der Waals surface area contributed by atoms with Crippen LogP contribution in [0.25, 0.3) is 0 Å². The van der Waals surface area contributed by atoms with Gasteiger partial charge in [0.1, 0.15) is 0 Å². The van der Waals surface area contributed by atoms with Gasteiger partial charge in [0.2, 0.25) is 20.0 Å². The van der Waals surface area contributed by atoms with Gasteiger partial charge >= 0.3 is 0 Å². The summed E-state index contributed by atoms with van der Waals surface area (Å²) in [4.78, 5) is 0.122. The Morgan fingerprint density at radius 1 is 1.11 bits per heavy atom. The van der Waals surface area contributed by atoms with E-state index in [2.05, 4.69) is 25.4 Å². The zero-order chi connectivity index (χ0) is 13.8. The number of halogens is 1. The van der Waals surface area contributed by atoms with E-state index < -0.39 is 20.0 Å². The zero-order valence-corrected chi connectivity index (χ0v) is 12.8. The number of hydrogen-bond acceptors (Lipinski definition) is 4. The van der Waals surface area contributed by atoms with Crippen LogP contribution in [0.1, 0.15) is 0 Å². The van der Waals surface area contributed by atoms with Crippen molar-refractivity contribution in [3.05, 3.63) is 28.7 Å². The Bertz CT molecular complexity index is 613. The van der Waals surface area contributed by atoms with Gasteiger partial charge in [0.05, 0.1) is 11.2 Å². The molecular formula is C9H13BrN2O4S2. The fourth-order valence-electron chi connectivity index (χ4n) is 1.14. The summed E-state index contributed by atoms with van der Waals surface area (Å²) in [6.07, 6.45) is 1.01. The van der Waals surface area contributed by atoms with E-state index in [-0.39, 0.29) is 18.0 Å². The summed E-state index contributed by atoms with van der Waals surface area (Å²) in [6, 6.07) is 6.24. The Kier molecular flexibility index (Phi) is 5.29. The Morgan fingerprint density at radius 2 is 1.72 bits per heavy atom. The zero-order valence-electron chi connectivity index (χ0n) is 9.55. The van der Waals surface area contributed by atoms with Crippen LogP contribution in [0, 0.1) is 0 Å². The molecule has 0 heterocycles. The third kappa shape index (κ3) is 5.44. The van der Waals surface area contributed by atoms with E-state index in [9.17, 15) is 16.8 Å². The molecule has 0 aliphatic rings. The summed E-state index contributed by atoms with van der Waals surface area (Å²) >= 11 is 3.18. The standard InChI is InChI=1S/C9H13BrN2O4S2/c1-17(13,14)11-5-6-12-18(15,16)9-4-2-3-8(10)7-9/h2-4,7,11-12H,5-6H2,1H3. The van der Waals surface area contributed by atoms with Gasteiger partial charge in [-0.15, -0.1) is 0 Å². The van der Waals surface area contributed by atoms with Crippen molar-refractivity contribution in [2.45, 2.75) is 4.90 Å². The normalized spacial score (nSPS) is 12.6. The summed E-state index contributed by atoms with van der Waals surface area (Å²) in [6.45, 7) is -0.00597. The van der Waals surface area contributed by atoms with Crippen molar-refractivity contribution < 1.29 is 16.8 Å². The smallest absolute Gasteiger partial charge is 0.214 e. The van der Waals surface area contributed by atoms with E-state index in [0.29, 0.717) is 4.47 Å². The second kappa shape index (κ2) is 6.11. The first-order valence-electron chi connectivity index (χ1n) is 4.90. The van der Waals surface area contributed by atoms with E-state index in [4.69, 9.17) is 0 Å². The minimum atomic E-state index is -3.62. The average Bonchev–Trinajstić information content (AvgIpc) is 2.23. The highest BCUT2D eigenvalue weighted by Crippen LogP contribution is 2.15. The fraction of sp³-hybridized carbons (Fsp3) is 0.333. The Morgan fingerprint density at radius 3 is 2.28 bits per heavy atom. The van der Waals surface area contributed by atoms with Crippen LogP contribution in [0.3, 0.4) is 0 Å². The van der Waals surface area contributed by atoms with E-state index >= 15 is 0 Å². The maximum absolute atomic E-state index is 11.8. The van der Waals surface area contributed by atoms with E-state index in [1.54, 1.807) is 12.1 Å². The van der Waals surface area contributed by atoms with Gasteiger partial charge < -0.3 is 0 Å². The molecule has 0 saturated heterocycles. The van der Waals surface area contributed by atoms with Crippen LogP contribution >= 0.6 is 15.9 Å². The SMILES string of the molecule is CS(=O)(=O)NCCNS(=O)(=O)c1cccc(Br)c1. The second-order valence-electron chi connectivity index (χ2n) is 3.52. The Balaban J connectivity index is 2.61. The van der Waals surface area contributed by atoms with E-state index in [0.717, 1.165) is 6.26 Å². The van der Waals surface area contributed by atoms with Crippen LogP contribution in [0.5, 0.6) is 0 Å². The van der Waals surface area contributed by atoms with E-state index in [1.165, 1.54) is 12.1 Å². The van der Waals surface area contributed by atoms with Gasteiger partial charge in [-0.3, -0.25) is 0 Å². The van der Waals surface area contributed by atoms with Crippen molar-refractivity contribution in [3.63, 3.8) is 0 Å². The molecule has 1 rings (SSSR count). The summed E-state index contributed by atoms with van der Waals surface area (Å²) < 4.78 is 50.3. The summed E-state index contributed by atoms with van der Waals surface area (Å²) in [7, 11) is -6.92. The third-order valence-corrected chi connectivity index (χ3v) is 4.57. The minimum absolute atomic E-state index is 0.00602. The van der Waals surface area contributed by atoms with Crippen LogP contribution in [0.15, 0.2) is 33.6 Å². The number of rotatable bonds is 6. The highest BCUT2D eigenvalue weighted by molar-refractivity contribution is 9.10. The molecule has 2 N–H and O–H groups in total. The average molecular weight is 357 g/mol. The lowest BCUT2D eigenvalue weighted by atomic mass is 10.4. The lowest BCUT2D eigenvalue weighted by Crippen LogP contribution is -2.34. The topological polar surface area (TPSA) is 92.3 Å². The molecule has 0 bridgehead atoms. The Hall–Kier alpha value is -0.480. The summed E-state index contributed by atoms with van der Waals surface area (Å²) in [5.41, 5.74) is 0. The van der Waals surface area contributed by atoms with Gasteiger partial charge in [-0.2, -0.15) is 0 Å². The van der Waals surface area contributed by atoms with Crippen LogP contribution < -0.4 is 9.44 Å². The Labute approximate surface area is 115 Å². The maximum atomic E-state index is 11.8. The van der Waals surface area contributed by atoms with Gasteiger partial charge in [0, 0.05) is 17.6 Å². The molecule has 102 valence electrons. The summed E-state index contributed by atoms with van der Waals surface area (Å²) in [5.74, 6) is 0. The molecule has 0 aliphatic carbocycles. The van der Waals surface area contributed by atoms with Crippen molar-refractivity contribution in [1.29, 1.82) is 0 Å². The molecule has 0 unspecified atom stereocenters. The monoisotopic (exact) mass is 356 g/mol. The highest BCUT2D eigenvalue weighted by Gasteiger charge is 2.13. The van der Waals surface area contributed by atoms with Crippen molar-refractivity contribution >= 4 is 36.0 Å². The van der Waals surface area contributed by atoms with Gasteiger partial charge in [-0.05, 0) is 18.2 Å². The molecular weight excluding hydrogens is 344 g/mol. The van der Waals surface area contributed by atoms with E-state index in [1.807, 2.05) is 0 Å². The molecule has 1 aromatic rings.